The quantitative estimate of drug-likeness (QED) is 0.770. The number of carbonyl (C=O) groups excluding carboxylic acids is 2. The van der Waals surface area contributed by atoms with Crippen LogP contribution in [0.1, 0.15) is 54.4 Å². The predicted molar refractivity (Wildman–Crippen MR) is 68.6 cm³/mol. The maximum absolute atomic E-state index is 11.5. The van der Waals surface area contributed by atoms with Crippen molar-refractivity contribution < 1.29 is 14.3 Å². The summed E-state index contributed by atoms with van der Waals surface area (Å²) in [5.74, 6) is 0.381. The minimum Gasteiger partial charge on any atom is -0.462 e. The molecule has 0 amide bonds. The molecule has 0 radical (unpaired) electrons. The molecule has 1 atom stereocenters. The highest BCUT2D eigenvalue weighted by molar-refractivity contribution is 5.89. The molecule has 1 aliphatic carbocycles. The van der Waals surface area contributed by atoms with E-state index in [-0.39, 0.29) is 5.97 Å². The van der Waals surface area contributed by atoms with Crippen molar-refractivity contribution in [3.05, 3.63) is 35.4 Å². The second-order valence-electron chi connectivity index (χ2n) is 4.67. The van der Waals surface area contributed by atoms with Crippen LogP contribution in [-0.4, -0.2) is 18.4 Å². The fourth-order valence-electron chi connectivity index (χ4n) is 2.41. The second kappa shape index (κ2) is 5.80. The summed E-state index contributed by atoms with van der Waals surface area (Å²) >= 11 is 0. The molecule has 0 heterocycles. The van der Waals surface area contributed by atoms with Crippen molar-refractivity contribution in [2.24, 2.45) is 0 Å². The third-order valence-corrected chi connectivity index (χ3v) is 3.38. The molecule has 1 aromatic carbocycles. The van der Waals surface area contributed by atoms with E-state index in [9.17, 15) is 9.59 Å². The molecule has 96 valence electrons. The van der Waals surface area contributed by atoms with Crippen LogP contribution in [0.2, 0.25) is 0 Å². The third kappa shape index (κ3) is 2.97. The van der Waals surface area contributed by atoms with Crippen LogP contribution in [0.4, 0.5) is 0 Å². The van der Waals surface area contributed by atoms with E-state index in [2.05, 4.69) is 0 Å². The van der Waals surface area contributed by atoms with Crippen LogP contribution in [0, 0.1) is 0 Å². The van der Waals surface area contributed by atoms with Crippen molar-refractivity contribution in [2.75, 3.05) is 6.61 Å². The van der Waals surface area contributed by atoms with Gasteiger partial charge in [-0.2, -0.15) is 0 Å². The number of esters is 1. The maximum Gasteiger partial charge on any atom is 0.338 e. The molecule has 3 heteroatoms. The molecule has 0 N–H and O–H groups in total. The van der Waals surface area contributed by atoms with E-state index in [0.717, 1.165) is 24.8 Å². The second-order valence-corrected chi connectivity index (χ2v) is 4.67. The van der Waals surface area contributed by atoms with Gasteiger partial charge in [0.1, 0.15) is 5.78 Å². The zero-order valence-electron chi connectivity index (χ0n) is 10.6. The summed E-state index contributed by atoms with van der Waals surface area (Å²) in [6.07, 6.45) is 3.39. The zero-order valence-corrected chi connectivity index (χ0v) is 10.6. The number of benzene rings is 1. The van der Waals surface area contributed by atoms with Gasteiger partial charge in [-0.1, -0.05) is 12.1 Å². The summed E-state index contributed by atoms with van der Waals surface area (Å²) < 4.78 is 4.94. The summed E-state index contributed by atoms with van der Waals surface area (Å²) in [6.45, 7) is 2.18. The Morgan fingerprint density at radius 1 is 1.33 bits per heavy atom. The van der Waals surface area contributed by atoms with Gasteiger partial charge in [0.05, 0.1) is 12.2 Å². The van der Waals surface area contributed by atoms with Gasteiger partial charge in [-0.15, -0.1) is 0 Å². The van der Waals surface area contributed by atoms with Gasteiger partial charge in [-0.05, 0) is 43.4 Å². The molecule has 1 aromatic rings. The first-order valence-electron chi connectivity index (χ1n) is 6.49. The molecular weight excluding hydrogens is 228 g/mol. The van der Waals surface area contributed by atoms with Gasteiger partial charge in [0.25, 0.3) is 0 Å². The Balaban J connectivity index is 2.07. The molecule has 0 spiro atoms. The molecule has 3 nitrogen and oxygen atoms in total. The van der Waals surface area contributed by atoms with E-state index in [0.29, 0.717) is 30.3 Å². The van der Waals surface area contributed by atoms with Gasteiger partial charge < -0.3 is 4.74 Å². The number of Topliss-reactive ketones (excluding diaryl/α,β-unsaturated/α-hetero) is 1. The van der Waals surface area contributed by atoms with E-state index in [1.807, 2.05) is 12.1 Å². The third-order valence-electron chi connectivity index (χ3n) is 3.38. The Bertz CT molecular complexity index is 434. The van der Waals surface area contributed by atoms with Crippen molar-refractivity contribution in [2.45, 2.75) is 38.5 Å². The highest BCUT2D eigenvalue weighted by Crippen LogP contribution is 2.30. The van der Waals surface area contributed by atoms with E-state index in [1.165, 1.54) is 0 Å². The highest BCUT2D eigenvalue weighted by atomic mass is 16.5. The number of hydrogen-bond donors (Lipinski definition) is 0. The minimum absolute atomic E-state index is 0.288. The van der Waals surface area contributed by atoms with Crippen molar-refractivity contribution in [1.82, 2.24) is 0 Å². The van der Waals surface area contributed by atoms with Crippen LogP contribution in [0.3, 0.4) is 0 Å². The molecule has 1 saturated carbocycles. The van der Waals surface area contributed by atoms with Crippen molar-refractivity contribution in [3.63, 3.8) is 0 Å². The maximum atomic E-state index is 11.5. The number of rotatable bonds is 3. The first-order chi connectivity index (χ1) is 8.70. The van der Waals surface area contributed by atoms with Gasteiger partial charge in [-0.3, -0.25) is 4.79 Å². The number of carbonyl (C=O) groups is 2. The lowest BCUT2D eigenvalue weighted by atomic mass is 9.83. The lowest BCUT2D eigenvalue weighted by Gasteiger charge is -2.21. The van der Waals surface area contributed by atoms with E-state index in [1.54, 1.807) is 19.1 Å². The van der Waals surface area contributed by atoms with Gasteiger partial charge >= 0.3 is 5.97 Å². The van der Waals surface area contributed by atoms with Gasteiger partial charge in [0.15, 0.2) is 0 Å². The van der Waals surface area contributed by atoms with Crippen LogP contribution in [0.15, 0.2) is 24.3 Å². The Kier molecular flexibility index (Phi) is 4.13. The zero-order chi connectivity index (χ0) is 13.0. The Morgan fingerprint density at radius 3 is 2.67 bits per heavy atom. The van der Waals surface area contributed by atoms with Crippen molar-refractivity contribution in [3.8, 4) is 0 Å². The highest BCUT2D eigenvalue weighted by Gasteiger charge is 2.21. The Hall–Kier alpha value is -1.64. The number of hydrogen-bond acceptors (Lipinski definition) is 3. The molecule has 2 rings (SSSR count). The molecule has 1 aliphatic rings. The summed E-state index contributed by atoms with van der Waals surface area (Å²) in [6, 6.07) is 7.45. The molecule has 0 saturated heterocycles. The fourth-order valence-corrected chi connectivity index (χ4v) is 2.41. The van der Waals surface area contributed by atoms with Gasteiger partial charge in [-0.25, -0.2) is 4.79 Å². The molecular formula is C15H18O3. The average Bonchev–Trinajstić information content (AvgIpc) is 2.39. The molecule has 18 heavy (non-hydrogen) atoms. The number of ether oxygens (including phenoxy) is 1. The number of ketones is 1. The summed E-state index contributed by atoms with van der Waals surface area (Å²) in [7, 11) is 0. The van der Waals surface area contributed by atoms with Crippen LogP contribution in [0.5, 0.6) is 0 Å². The molecule has 1 unspecified atom stereocenters. The van der Waals surface area contributed by atoms with Gasteiger partial charge in [0.2, 0.25) is 0 Å². The molecule has 1 fully saturated rings. The lowest BCUT2D eigenvalue weighted by Crippen LogP contribution is -2.13. The molecule has 0 bridgehead atoms. The summed E-state index contributed by atoms with van der Waals surface area (Å²) in [5.41, 5.74) is 1.72. The Labute approximate surface area is 107 Å². The largest absolute Gasteiger partial charge is 0.462 e. The van der Waals surface area contributed by atoms with E-state index >= 15 is 0 Å². The minimum atomic E-state index is -0.288. The fraction of sp³-hybridized carbons (Fsp3) is 0.467. The van der Waals surface area contributed by atoms with Crippen LogP contribution in [0.25, 0.3) is 0 Å². The van der Waals surface area contributed by atoms with E-state index in [4.69, 9.17) is 4.74 Å². The first kappa shape index (κ1) is 12.8. The Morgan fingerprint density at radius 2 is 2.06 bits per heavy atom. The lowest BCUT2D eigenvalue weighted by molar-refractivity contribution is -0.120. The van der Waals surface area contributed by atoms with Crippen LogP contribution < -0.4 is 0 Å². The average molecular weight is 246 g/mol. The molecule has 0 aliphatic heterocycles. The first-order valence-corrected chi connectivity index (χ1v) is 6.49. The normalized spacial score (nSPS) is 19.6. The van der Waals surface area contributed by atoms with Crippen LogP contribution in [-0.2, 0) is 9.53 Å². The SMILES string of the molecule is CCOC(=O)c1ccc(C2CCCC(=O)C2)cc1. The summed E-state index contributed by atoms with van der Waals surface area (Å²) in [5, 5.41) is 0. The van der Waals surface area contributed by atoms with Gasteiger partial charge in [0, 0.05) is 12.8 Å². The monoisotopic (exact) mass is 246 g/mol. The van der Waals surface area contributed by atoms with Crippen LogP contribution >= 0.6 is 0 Å². The molecule has 0 aromatic heterocycles. The van der Waals surface area contributed by atoms with E-state index < -0.39 is 0 Å². The standard InChI is InChI=1S/C15H18O3/c1-2-18-15(17)12-8-6-11(7-9-12)13-4-3-5-14(16)10-13/h6-9,13H,2-5,10H2,1H3. The summed E-state index contributed by atoms with van der Waals surface area (Å²) in [4.78, 5) is 22.9. The van der Waals surface area contributed by atoms with Crippen molar-refractivity contribution in [1.29, 1.82) is 0 Å². The smallest absolute Gasteiger partial charge is 0.338 e. The van der Waals surface area contributed by atoms with Crippen molar-refractivity contribution >= 4 is 11.8 Å². The topological polar surface area (TPSA) is 43.4 Å². The predicted octanol–water partition coefficient (Wildman–Crippen LogP) is 3.09.